The van der Waals surface area contributed by atoms with Crippen LogP contribution >= 0.6 is 0 Å². The predicted molar refractivity (Wildman–Crippen MR) is 137 cm³/mol. The van der Waals surface area contributed by atoms with Gasteiger partial charge in [0.25, 0.3) is 5.91 Å². The number of anilines is 1. The fourth-order valence-corrected chi connectivity index (χ4v) is 5.74. The Labute approximate surface area is 204 Å². The summed E-state index contributed by atoms with van der Waals surface area (Å²) in [6.45, 7) is 0. The van der Waals surface area contributed by atoms with E-state index in [9.17, 15) is 13.2 Å². The summed E-state index contributed by atoms with van der Waals surface area (Å²) in [6, 6.07) is 21.0. The van der Waals surface area contributed by atoms with Gasteiger partial charge in [0.1, 0.15) is 0 Å². The summed E-state index contributed by atoms with van der Waals surface area (Å²) >= 11 is 0. The first-order valence-corrected chi connectivity index (χ1v) is 13.2. The largest absolute Gasteiger partial charge is 0.322 e. The third kappa shape index (κ3) is 5.23. The highest BCUT2D eigenvalue weighted by atomic mass is 32.2. The Morgan fingerprint density at radius 2 is 1.60 bits per heavy atom. The minimum atomic E-state index is -3.60. The summed E-state index contributed by atoms with van der Waals surface area (Å²) in [5.41, 5.74) is 2.94. The van der Waals surface area contributed by atoms with Gasteiger partial charge in [0.2, 0.25) is 10.0 Å². The molecule has 178 valence electrons. The maximum Gasteiger partial charge on any atom is 0.256 e. The highest BCUT2D eigenvalue weighted by Crippen LogP contribution is 2.25. The van der Waals surface area contributed by atoms with Gasteiger partial charge in [-0.3, -0.25) is 9.78 Å². The molecule has 1 amide bonds. The molecule has 0 radical (unpaired) electrons. The van der Waals surface area contributed by atoms with E-state index in [-0.39, 0.29) is 16.8 Å². The van der Waals surface area contributed by atoms with Crippen LogP contribution in [0, 0.1) is 0 Å². The lowest BCUT2D eigenvalue weighted by molar-refractivity contribution is 0.102. The average Bonchev–Trinajstić information content (AvgIpc) is 2.89. The Bertz CT molecular complexity index is 1450. The molecule has 0 unspecified atom stereocenters. The summed E-state index contributed by atoms with van der Waals surface area (Å²) in [4.78, 5) is 22.5. The number of carbonyl (C=O) groups is 1. The highest BCUT2D eigenvalue weighted by molar-refractivity contribution is 7.89. The number of fused-ring (bicyclic) bond motifs is 1. The molecule has 0 atom stereocenters. The van der Waals surface area contributed by atoms with Crippen molar-refractivity contribution < 1.29 is 13.2 Å². The zero-order chi connectivity index (χ0) is 24.3. The molecule has 1 aliphatic carbocycles. The fourth-order valence-electron chi connectivity index (χ4n) is 4.43. The van der Waals surface area contributed by atoms with Crippen molar-refractivity contribution in [1.82, 2.24) is 14.7 Å². The van der Waals surface area contributed by atoms with Gasteiger partial charge < -0.3 is 5.32 Å². The van der Waals surface area contributed by atoms with Gasteiger partial charge in [-0.25, -0.2) is 18.1 Å². The first-order valence-electron chi connectivity index (χ1n) is 11.7. The van der Waals surface area contributed by atoms with E-state index in [1.165, 1.54) is 12.1 Å². The summed E-state index contributed by atoms with van der Waals surface area (Å²) in [5, 5.41) is 3.61. The van der Waals surface area contributed by atoms with Crippen LogP contribution in [0.5, 0.6) is 0 Å². The molecule has 2 aromatic carbocycles. The van der Waals surface area contributed by atoms with Crippen LogP contribution in [-0.2, 0) is 10.0 Å². The number of amides is 1. The minimum absolute atomic E-state index is 0.0126. The molecule has 2 aromatic heterocycles. The van der Waals surface area contributed by atoms with Crippen molar-refractivity contribution in [3.8, 4) is 11.4 Å². The van der Waals surface area contributed by atoms with Gasteiger partial charge in [0.15, 0.2) is 0 Å². The van der Waals surface area contributed by atoms with E-state index >= 15 is 0 Å². The Kier molecular flexibility index (Phi) is 6.57. The molecule has 2 N–H and O–H groups in total. The normalized spacial score (nSPS) is 14.6. The zero-order valence-corrected chi connectivity index (χ0v) is 20.0. The maximum atomic E-state index is 13.3. The lowest BCUT2D eigenvalue weighted by Crippen LogP contribution is -2.36. The van der Waals surface area contributed by atoms with E-state index in [1.54, 1.807) is 24.4 Å². The van der Waals surface area contributed by atoms with Crippen LogP contribution in [0.1, 0.15) is 42.5 Å². The molecule has 4 aromatic rings. The summed E-state index contributed by atoms with van der Waals surface area (Å²) in [6.07, 6.45) is 6.67. The van der Waals surface area contributed by atoms with Crippen molar-refractivity contribution in [2.24, 2.45) is 0 Å². The SMILES string of the molecule is O=C(Nc1ccc(S(=O)(=O)NC2CCCCC2)cc1)c1cc(-c2ccccn2)nc2ccccc12. The number of pyridine rings is 2. The number of sulfonamides is 1. The van der Waals surface area contributed by atoms with Crippen molar-refractivity contribution >= 4 is 32.5 Å². The van der Waals surface area contributed by atoms with Crippen LogP contribution in [0.25, 0.3) is 22.3 Å². The van der Waals surface area contributed by atoms with E-state index in [0.717, 1.165) is 37.5 Å². The van der Waals surface area contributed by atoms with Crippen molar-refractivity contribution in [2.75, 3.05) is 5.32 Å². The number of para-hydroxylation sites is 1. The van der Waals surface area contributed by atoms with Gasteiger partial charge in [0, 0.05) is 23.3 Å². The van der Waals surface area contributed by atoms with Crippen LogP contribution in [0.3, 0.4) is 0 Å². The number of rotatable bonds is 6. The number of nitrogens with zero attached hydrogens (tertiary/aromatic N) is 2. The number of carbonyl (C=O) groups excluding carboxylic acids is 1. The van der Waals surface area contributed by atoms with Crippen molar-refractivity contribution in [2.45, 2.75) is 43.0 Å². The quantitative estimate of drug-likeness (QED) is 0.392. The molecule has 0 saturated heterocycles. The molecule has 5 rings (SSSR count). The van der Waals surface area contributed by atoms with E-state index in [2.05, 4.69) is 20.0 Å². The molecule has 1 saturated carbocycles. The highest BCUT2D eigenvalue weighted by Gasteiger charge is 2.22. The Morgan fingerprint density at radius 1 is 0.857 bits per heavy atom. The summed E-state index contributed by atoms with van der Waals surface area (Å²) < 4.78 is 28.3. The van der Waals surface area contributed by atoms with Gasteiger partial charge in [-0.15, -0.1) is 0 Å². The molecule has 1 aliphatic rings. The predicted octanol–water partition coefficient (Wildman–Crippen LogP) is 5.16. The van der Waals surface area contributed by atoms with Crippen LogP contribution < -0.4 is 10.0 Å². The number of benzene rings is 2. The number of hydrogen-bond acceptors (Lipinski definition) is 5. The molecule has 1 fully saturated rings. The number of hydrogen-bond donors (Lipinski definition) is 2. The van der Waals surface area contributed by atoms with Crippen molar-refractivity contribution in [3.63, 3.8) is 0 Å². The third-order valence-corrected chi connectivity index (χ3v) is 7.77. The average molecular weight is 487 g/mol. The number of nitrogens with one attached hydrogen (secondary N) is 2. The Hall–Kier alpha value is -3.62. The van der Waals surface area contributed by atoms with Gasteiger partial charge in [0.05, 0.1) is 27.4 Å². The van der Waals surface area contributed by atoms with Crippen LogP contribution in [0.2, 0.25) is 0 Å². The molecule has 35 heavy (non-hydrogen) atoms. The number of aromatic nitrogens is 2. The van der Waals surface area contributed by atoms with Crippen LogP contribution in [0.15, 0.2) is 83.9 Å². The minimum Gasteiger partial charge on any atom is -0.322 e. The molecule has 0 aliphatic heterocycles. The standard InChI is InChI=1S/C27H26N4O3S/c32-27(23-18-26(25-12-6-7-17-28-25)30-24-11-5-4-10-22(23)24)29-19-13-15-21(16-14-19)35(33,34)31-20-8-2-1-3-9-20/h4-7,10-18,20,31H,1-3,8-9H2,(H,29,32). The fraction of sp³-hybridized carbons (Fsp3) is 0.222. The van der Waals surface area contributed by atoms with Gasteiger partial charge in [-0.05, 0) is 61.4 Å². The van der Waals surface area contributed by atoms with Gasteiger partial charge >= 0.3 is 0 Å². The van der Waals surface area contributed by atoms with E-state index < -0.39 is 10.0 Å². The van der Waals surface area contributed by atoms with Gasteiger partial charge in [-0.2, -0.15) is 0 Å². The first kappa shape index (κ1) is 23.1. The Balaban J connectivity index is 1.38. The molecular formula is C27H26N4O3S. The smallest absolute Gasteiger partial charge is 0.256 e. The molecule has 2 heterocycles. The second kappa shape index (κ2) is 9.93. The molecule has 0 bridgehead atoms. The van der Waals surface area contributed by atoms with E-state index in [1.807, 2.05) is 42.5 Å². The lowest BCUT2D eigenvalue weighted by atomic mass is 9.96. The summed E-state index contributed by atoms with van der Waals surface area (Å²) in [7, 11) is -3.60. The first-order chi connectivity index (χ1) is 17.0. The van der Waals surface area contributed by atoms with Crippen LogP contribution in [0.4, 0.5) is 5.69 Å². The van der Waals surface area contributed by atoms with Crippen molar-refractivity contribution in [1.29, 1.82) is 0 Å². The van der Waals surface area contributed by atoms with Crippen molar-refractivity contribution in [3.05, 3.63) is 84.6 Å². The monoisotopic (exact) mass is 486 g/mol. The second-order valence-corrected chi connectivity index (χ2v) is 10.4. The maximum absolute atomic E-state index is 13.3. The summed E-state index contributed by atoms with van der Waals surface area (Å²) in [5.74, 6) is -0.309. The van der Waals surface area contributed by atoms with E-state index in [0.29, 0.717) is 28.2 Å². The molecular weight excluding hydrogens is 460 g/mol. The topological polar surface area (TPSA) is 101 Å². The Morgan fingerprint density at radius 3 is 2.34 bits per heavy atom. The third-order valence-electron chi connectivity index (χ3n) is 6.24. The molecule has 8 heteroatoms. The lowest BCUT2D eigenvalue weighted by Gasteiger charge is -2.22. The molecule has 0 spiro atoms. The molecule has 7 nitrogen and oxygen atoms in total. The van der Waals surface area contributed by atoms with Gasteiger partial charge in [-0.1, -0.05) is 43.5 Å². The van der Waals surface area contributed by atoms with E-state index in [4.69, 9.17) is 0 Å². The van der Waals surface area contributed by atoms with Crippen LogP contribution in [-0.4, -0.2) is 30.3 Å². The second-order valence-electron chi connectivity index (χ2n) is 8.72. The zero-order valence-electron chi connectivity index (χ0n) is 19.1.